The zero-order valence-electron chi connectivity index (χ0n) is 57.5. The Kier molecular flexibility index (Phi) is 30.6. The molecule has 0 aliphatic heterocycles. The van der Waals surface area contributed by atoms with E-state index in [1.807, 2.05) is 0 Å². The van der Waals surface area contributed by atoms with E-state index in [-0.39, 0.29) is 29.7 Å². The Bertz CT molecular complexity index is 2310. The molecule has 4 fully saturated rings. The Balaban J connectivity index is 0.000000696. The third kappa shape index (κ3) is 12.9. The molecule has 0 spiro atoms. The van der Waals surface area contributed by atoms with Crippen molar-refractivity contribution in [3.8, 4) is 0 Å². The molecule has 0 saturated heterocycles. The van der Waals surface area contributed by atoms with Crippen LogP contribution < -0.4 is 0 Å². The van der Waals surface area contributed by atoms with Gasteiger partial charge in [-0.1, -0.05) is 139 Å². The number of halogens is 4. The van der Waals surface area contributed by atoms with Crippen LogP contribution in [-0.4, -0.2) is 16.1 Å². The molecule has 8 aliphatic carbocycles. The molecule has 0 N–H and O–H groups in total. The van der Waals surface area contributed by atoms with Gasteiger partial charge in [0.2, 0.25) is 0 Å². The summed E-state index contributed by atoms with van der Waals surface area (Å²) in [4.78, 5) is 0. The summed E-state index contributed by atoms with van der Waals surface area (Å²) in [6, 6.07) is 2.77. The van der Waals surface area contributed by atoms with Gasteiger partial charge >= 0.3 is 75.7 Å². The van der Waals surface area contributed by atoms with Gasteiger partial charge in [0, 0.05) is 0 Å². The van der Waals surface area contributed by atoms with Gasteiger partial charge in [-0.3, -0.25) is 0 Å². The van der Waals surface area contributed by atoms with E-state index in [1.54, 1.807) is 89.2 Å². The fraction of sp³-hybridized carbons (Fsp3) is 0.694. The van der Waals surface area contributed by atoms with E-state index in [4.69, 9.17) is 34.1 Å². The van der Waals surface area contributed by atoms with Crippen molar-refractivity contribution in [2.24, 2.45) is 94.7 Å². The molecule has 0 bridgehead atoms. The van der Waals surface area contributed by atoms with Crippen molar-refractivity contribution in [2.75, 3.05) is 0 Å². The van der Waals surface area contributed by atoms with Gasteiger partial charge in [-0.25, -0.2) is 0 Å². The average molecular weight is 1370 g/mol. The minimum absolute atomic E-state index is 0. The van der Waals surface area contributed by atoms with Crippen molar-refractivity contribution in [3.63, 3.8) is 0 Å². The maximum atomic E-state index is 4.93. The molecular formula is C72H122Cl4Si2Zr2. The fourth-order valence-electron chi connectivity index (χ4n) is 21.2. The van der Waals surface area contributed by atoms with Crippen molar-refractivity contribution in [1.82, 2.24) is 0 Å². The maximum absolute atomic E-state index is 4.93. The van der Waals surface area contributed by atoms with Gasteiger partial charge in [-0.2, -0.15) is 0 Å². The standard InChI is InChI=1S/C34H56Si.C34H54Si.4CH3.4ClH.2Zr/c2*1-15-16-35(14,33-27(12)25(10)29-21(6)17(2)19(4)23(8)31(29)33)34-28(13)26(11)30-22(7)18(3)20(5)24(9)32(30)34;;;;;;;;;;/h25-34H,15-16H2,1-14H3;15,25-34H,1,16H2,2-14H3;4*1H3;4*1H;;/q;;4*-1;;;;;2*+4/p-4. The number of fused-ring (bicyclic) bond motifs is 4. The van der Waals surface area contributed by atoms with Crippen molar-refractivity contribution in [1.29, 1.82) is 0 Å². The van der Waals surface area contributed by atoms with Crippen LogP contribution in [0.3, 0.4) is 0 Å². The molecule has 0 radical (unpaired) electrons. The predicted molar refractivity (Wildman–Crippen MR) is 366 cm³/mol. The number of allylic oxidation sites excluding steroid dienone is 17. The molecule has 0 aromatic heterocycles. The van der Waals surface area contributed by atoms with E-state index >= 15 is 0 Å². The summed E-state index contributed by atoms with van der Waals surface area (Å²) in [6.07, 6.45) is 3.70. The van der Waals surface area contributed by atoms with Gasteiger partial charge in [0.15, 0.2) is 0 Å². The van der Waals surface area contributed by atoms with Crippen LogP contribution in [0, 0.1) is 124 Å². The zero-order chi connectivity index (χ0) is 58.0. The summed E-state index contributed by atoms with van der Waals surface area (Å²) in [7, 11) is 16.3. The quantitative estimate of drug-likeness (QED) is 0.129. The minimum atomic E-state index is -1.79. The zero-order valence-corrected chi connectivity index (χ0v) is 67.4. The molecule has 454 valence electrons. The number of rotatable bonds is 8. The average Bonchev–Trinajstić information content (AvgIpc) is 4.01. The predicted octanol–water partition coefficient (Wildman–Crippen LogP) is 25.6. The second-order valence-electron chi connectivity index (χ2n) is 28.0. The second-order valence-corrected chi connectivity index (χ2v) is 45.1. The summed E-state index contributed by atoms with van der Waals surface area (Å²) in [5.74, 6) is 12.3. The van der Waals surface area contributed by atoms with Gasteiger partial charge in [0.1, 0.15) is 0 Å². The van der Waals surface area contributed by atoms with Crippen molar-refractivity contribution in [3.05, 3.63) is 132 Å². The SMILES string of the molecule is C=CC[Si](C)(C1C(C)C(C)C2C(C)=C(C)C(C)=C(C)C21)C1C(C)C(C)C2C(C)=C(C)C(C)=C(C)C21.CCC[Si](C)(C1C(C)C(C)C2C(C)=C(C)C(C)=C(C)C21)C1C(C)C(C)C2C(C)=C(C)C(C)=C(C)C21.[CH3-].[CH3-].[CH3-].[CH3-].[Cl][Zr+2][Cl].[Cl][Zr+2][Cl]. The summed E-state index contributed by atoms with van der Waals surface area (Å²) in [6.45, 7) is 72.9. The van der Waals surface area contributed by atoms with Gasteiger partial charge in [-0.15, -0.1) is 6.58 Å². The first-order valence-electron chi connectivity index (χ1n) is 30.2. The molecule has 4 saturated carbocycles. The Labute approximate surface area is 539 Å². The van der Waals surface area contributed by atoms with Gasteiger partial charge in [-0.05, 0) is 278 Å². The van der Waals surface area contributed by atoms with Crippen molar-refractivity contribution < 1.29 is 41.7 Å². The van der Waals surface area contributed by atoms with E-state index in [1.165, 1.54) is 18.5 Å². The van der Waals surface area contributed by atoms with Crippen molar-refractivity contribution in [2.45, 2.75) is 227 Å². The van der Waals surface area contributed by atoms with Crippen LogP contribution in [0.1, 0.15) is 180 Å². The molecular weight excluding hydrogens is 1250 g/mol. The Hall–Kier alpha value is 1.02. The van der Waals surface area contributed by atoms with E-state index in [0.29, 0.717) is 0 Å². The molecule has 20 atom stereocenters. The molecule has 8 aliphatic rings. The molecule has 0 heterocycles. The number of hydrogen-bond donors (Lipinski definition) is 0. The number of hydrogen-bond acceptors (Lipinski definition) is 0. The van der Waals surface area contributed by atoms with Crippen molar-refractivity contribution >= 4 is 50.2 Å². The first-order chi connectivity index (χ1) is 35.3. The Morgan fingerprint density at radius 3 is 0.662 bits per heavy atom. The fourth-order valence-corrected chi connectivity index (χ4v) is 36.2. The molecule has 0 amide bonds. The van der Waals surface area contributed by atoms with Gasteiger partial charge < -0.3 is 29.7 Å². The summed E-state index contributed by atoms with van der Waals surface area (Å²) < 4.78 is 0. The summed E-state index contributed by atoms with van der Waals surface area (Å²) >= 11 is -1.65. The molecule has 80 heavy (non-hydrogen) atoms. The second kappa shape index (κ2) is 31.0. The van der Waals surface area contributed by atoms with E-state index in [9.17, 15) is 0 Å². The van der Waals surface area contributed by atoms with E-state index < -0.39 is 57.8 Å². The van der Waals surface area contributed by atoms with Gasteiger partial charge in [0.05, 0.1) is 16.1 Å². The van der Waals surface area contributed by atoms with Gasteiger partial charge in [0.25, 0.3) is 0 Å². The molecule has 0 nitrogen and oxygen atoms in total. The third-order valence-corrected chi connectivity index (χ3v) is 38.7. The Morgan fingerprint density at radius 2 is 0.500 bits per heavy atom. The van der Waals surface area contributed by atoms with Crippen LogP contribution in [0.25, 0.3) is 0 Å². The summed E-state index contributed by atoms with van der Waals surface area (Å²) in [5.41, 5.74) is 30.0. The van der Waals surface area contributed by atoms with Crippen LogP contribution in [0.4, 0.5) is 0 Å². The molecule has 8 heteroatoms. The first kappa shape index (κ1) is 79.0. The van der Waals surface area contributed by atoms with Crippen LogP contribution in [0.2, 0.25) is 47.3 Å². The van der Waals surface area contributed by atoms with Crippen LogP contribution in [-0.2, 0) is 41.7 Å². The van der Waals surface area contributed by atoms with Crippen LogP contribution >= 0.6 is 34.1 Å². The molecule has 0 aromatic carbocycles. The third-order valence-electron chi connectivity index (χ3n) is 26.3. The van der Waals surface area contributed by atoms with Crippen LogP contribution in [0.15, 0.2) is 102 Å². The van der Waals surface area contributed by atoms with E-state index in [0.717, 1.165) is 117 Å². The Morgan fingerprint density at radius 1 is 0.338 bits per heavy atom. The monoisotopic (exact) mass is 1360 g/mol. The molecule has 8 rings (SSSR count). The molecule has 0 aromatic rings. The first-order valence-corrected chi connectivity index (χ1v) is 48.6. The molecule has 20 unspecified atom stereocenters. The normalized spacial score (nSPS) is 38.4. The topological polar surface area (TPSA) is 0 Å². The van der Waals surface area contributed by atoms with E-state index in [2.05, 4.69) is 199 Å². The van der Waals surface area contributed by atoms with Crippen LogP contribution in [0.5, 0.6) is 0 Å². The summed E-state index contributed by atoms with van der Waals surface area (Å²) in [5, 5.41) is 0.